The Balaban J connectivity index is 2.14. The van der Waals surface area contributed by atoms with Gasteiger partial charge in [-0.1, -0.05) is 0 Å². The highest BCUT2D eigenvalue weighted by atomic mass is 16.4. The van der Waals surface area contributed by atoms with Crippen LogP contribution >= 0.6 is 0 Å². The number of H-pyrrole nitrogens is 1. The van der Waals surface area contributed by atoms with Crippen LogP contribution in [0, 0.1) is 0 Å². The molecule has 0 aliphatic carbocycles. The molecule has 0 unspecified atom stereocenters. The third kappa shape index (κ3) is 2.07. The van der Waals surface area contributed by atoms with E-state index in [1.807, 2.05) is 0 Å². The summed E-state index contributed by atoms with van der Waals surface area (Å²) in [5.74, 6) is -0.831. The molecule has 1 aromatic rings. The zero-order chi connectivity index (χ0) is 10.8. The zero-order valence-electron chi connectivity index (χ0n) is 8.06. The summed E-state index contributed by atoms with van der Waals surface area (Å²) < 4.78 is 0. The van der Waals surface area contributed by atoms with Crippen molar-refractivity contribution >= 4 is 5.97 Å². The minimum absolute atomic E-state index is 0.0200. The van der Waals surface area contributed by atoms with Crippen LogP contribution in [0.2, 0.25) is 0 Å². The van der Waals surface area contributed by atoms with Gasteiger partial charge in [-0.05, 0) is 24.5 Å². The Kier molecular flexibility index (Phi) is 2.55. The van der Waals surface area contributed by atoms with E-state index in [-0.39, 0.29) is 11.6 Å². The van der Waals surface area contributed by atoms with Gasteiger partial charge in [-0.15, -0.1) is 0 Å². The minimum Gasteiger partial charge on any atom is -0.480 e. The molecule has 1 aliphatic rings. The lowest BCUT2D eigenvalue weighted by molar-refractivity contribution is -0.139. The molecule has 3 N–H and O–H groups in total. The molecule has 1 aromatic heterocycles. The summed E-state index contributed by atoms with van der Waals surface area (Å²) >= 11 is 0. The molecule has 0 amide bonds. The number of pyridine rings is 1. The van der Waals surface area contributed by atoms with Crippen LogP contribution in [-0.2, 0) is 4.79 Å². The van der Waals surface area contributed by atoms with E-state index in [1.165, 1.54) is 6.07 Å². The fourth-order valence-corrected chi connectivity index (χ4v) is 1.88. The van der Waals surface area contributed by atoms with Gasteiger partial charge in [-0.3, -0.25) is 14.9 Å². The van der Waals surface area contributed by atoms with Gasteiger partial charge in [0, 0.05) is 18.3 Å². The van der Waals surface area contributed by atoms with E-state index in [0.717, 1.165) is 12.0 Å². The second kappa shape index (κ2) is 3.86. The Labute approximate surface area is 86.1 Å². The molecule has 1 saturated heterocycles. The summed E-state index contributed by atoms with van der Waals surface area (Å²) in [6.45, 7) is 0. The van der Waals surface area contributed by atoms with Gasteiger partial charge in [0.05, 0.1) is 0 Å². The number of aromatic amines is 1. The van der Waals surface area contributed by atoms with Gasteiger partial charge in [0.2, 0.25) is 5.56 Å². The molecule has 0 spiro atoms. The normalized spacial score (nSPS) is 25.3. The van der Waals surface area contributed by atoms with Crippen LogP contribution < -0.4 is 10.9 Å². The first-order chi connectivity index (χ1) is 7.16. The smallest absolute Gasteiger partial charge is 0.320 e. The minimum atomic E-state index is -0.831. The summed E-state index contributed by atoms with van der Waals surface area (Å²) in [6, 6.07) is 2.79. The lowest BCUT2D eigenvalue weighted by atomic mass is 10.1. The van der Waals surface area contributed by atoms with E-state index in [2.05, 4.69) is 10.3 Å². The van der Waals surface area contributed by atoms with E-state index >= 15 is 0 Å². The van der Waals surface area contributed by atoms with Crippen molar-refractivity contribution in [2.45, 2.75) is 24.9 Å². The molecular formula is C10H12N2O3. The van der Waals surface area contributed by atoms with Crippen molar-refractivity contribution < 1.29 is 9.90 Å². The van der Waals surface area contributed by atoms with Crippen molar-refractivity contribution in [1.82, 2.24) is 10.3 Å². The molecule has 0 radical (unpaired) electrons. The maximum atomic E-state index is 11.1. The van der Waals surface area contributed by atoms with E-state index in [1.54, 1.807) is 12.3 Å². The zero-order valence-corrected chi connectivity index (χ0v) is 8.06. The van der Waals surface area contributed by atoms with Gasteiger partial charge in [0.1, 0.15) is 6.04 Å². The molecule has 0 saturated carbocycles. The number of aromatic nitrogens is 1. The Morgan fingerprint density at radius 2 is 2.27 bits per heavy atom. The highest BCUT2D eigenvalue weighted by Crippen LogP contribution is 2.25. The van der Waals surface area contributed by atoms with E-state index < -0.39 is 12.0 Å². The summed E-state index contributed by atoms with van der Waals surface area (Å²) in [5, 5.41) is 11.8. The molecule has 0 aromatic carbocycles. The topological polar surface area (TPSA) is 82.2 Å². The van der Waals surface area contributed by atoms with Gasteiger partial charge < -0.3 is 10.1 Å². The summed E-state index contributed by atoms with van der Waals surface area (Å²) in [4.78, 5) is 24.3. The van der Waals surface area contributed by atoms with E-state index in [0.29, 0.717) is 6.42 Å². The quantitative estimate of drug-likeness (QED) is 0.650. The van der Waals surface area contributed by atoms with Crippen LogP contribution in [0.1, 0.15) is 24.4 Å². The Hall–Kier alpha value is -1.62. The van der Waals surface area contributed by atoms with Crippen LogP contribution in [0.25, 0.3) is 0 Å². The van der Waals surface area contributed by atoms with Crippen LogP contribution in [0.15, 0.2) is 23.1 Å². The molecule has 80 valence electrons. The fraction of sp³-hybridized carbons (Fsp3) is 0.400. The van der Waals surface area contributed by atoms with Crippen molar-refractivity contribution in [1.29, 1.82) is 0 Å². The van der Waals surface area contributed by atoms with Gasteiger partial charge in [0.15, 0.2) is 0 Å². The first-order valence-corrected chi connectivity index (χ1v) is 4.84. The number of carbonyl (C=O) groups is 1. The van der Waals surface area contributed by atoms with Crippen molar-refractivity contribution in [3.63, 3.8) is 0 Å². The van der Waals surface area contributed by atoms with Gasteiger partial charge in [0.25, 0.3) is 0 Å². The lowest BCUT2D eigenvalue weighted by Gasteiger charge is -2.11. The van der Waals surface area contributed by atoms with Crippen molar-refractivity contribution in [3.05, 3.63) is 34.2 Å². The second-order valence-electron chi connectivity index (χ2n) is 3.67. The monoisotopic (exact) mass is 208 g/mol. The van der Waals surface area contributed by atoms with Gasteiger partial charge in [-0.25, -0.2) is 0 Å². The summed E-state index contributed by atoms with van der Waals surface area (Å²) in [7, 11) is 0. The molecule has 15 heavy (non-hydrogen) atoms. The average molecular weight is 208 g/mol. The highest BCUT2D eigenvalue weighted by molar-refractivity contribution is 5.73. The molecule has 2 atom stereocenters. The SMILES string of the molecule is O=C(O)[C@H]1CC[C@H](c2cc[nH]c(=O)c2)N1. The standard InChI is InChI=1S/C10H12N2O3/c13-9-5-6(3-4-11-9)7-1-2-8(12-7)10(14)15/h3-5,7-8,12H,1-2H2,(H,11,13)(H,14,15)/t7-,8-/m1/s1. The van der Waals surface area contributed by atoms with Crippen molar-refractivity contribution in [2.24, 2.45) is 0 Å². The predicted octanol–water partition coefficient (Wildman–Crippen LogP) is 0.253. The fourth-order valence-electron chi connectivity index (χ4n) is 1.88. The molecule has 5 nitrogen and oxygen atoms in total. The van der Waals surface area contributed by atoms with Crippen LogP contribution in [0.5, 0.6) is 0 Å². The van der Waals surface area contributed by atoms with E-state index in [4.69, 9.17) is 5.11 Å². The number of nitrogens with one attached hydrogen (secondary N) is 2. The third-order valence-corrected chi connectivity index (χ3v) is 2.65. The molecule has 0 bridgehead atoms. The van der Waals surface area contributed by atoms with Crippen LogP contribution in [0.4, 0.5) is 0 Å². The Morgan fingerprint density at radius 1 is 1.47 bits per heavy atom. The molecular weight excluding hydrogens is 196 g/mol. The molecule has 1 fully saturated rings. The lowest BCUT2D eigenvalue weighted by Crippen LogP contribution is -2.32. The second-order valence-corrected chi connectivity index (χ2v) is 3.67. The number of carboxylic acid groups (broad SMARTS) is 1. The summed E-state index contributed by atoms with van der Waals surface area (Å²) in [5.41, 5.74) is 0.690. The van der Waals surface area contributed by atoms with Gasteiger partial charge >= 0.3 is 5.97 Å². The third-order valence-electron chi connectivity index (χ3n) is 2.65. The first-order valence-electron chi connectivity index (χ1n) is 4.84. The molecule has 5 heteroatoms. The summed E-state index contributed by atoms with van der Waals surface area (Å²) in [6.07, 6.45) is 2.93. The first kappa shape index (κ1) is 9.92. The predicted molar refractivity (Wildman–Crippen MR) is 53.6 cm³/mol. The number of carboxylic acids is 1. The number of rotatable bonds is 2. The molecule has 1 aliphatic heterocycles. The average Bonchev–Trinajstić information content (AvgIpc) is 2.66. The number of aliphatic carboxylic acids is 1. The van der Waals surface area contributed by atoms with Crippen LogP contribution in [0.3, 0.4) is 0 Å². The largest absolute Gasteiger partial charge is 0.480 e. The van der Waals surface area contributed by atoms with Gasteiger partial charge in [-0.2, -0.15) is 0 Å². The van der Waals surface area contributed by atoms with Crippen LogP contribution in [-0.4, -0.2) is 22.1 Å². The number of hydrogen-bond donors (Lipinski definition) is 3. The van der Waals surface area contributed by atoms with Crippen molar-refractivity contribution in [2.75, 3.05) is 0 Å². The maximum absolute atomic E-state index is 11.1. The van der Waals surface area contributed by atoms with Crippen molar-refractivity contribution in [3.8, 4) is 0 Å². The molecule has 2 heterocycles. The maximum Gasteiger partial charge on any atom is 0.320 e. The number of hydrogen-bond acceptors (Lipinski definition) is 3. The Bertz CT molecular complexity index is 427. The highest BCUT2D eigenvalue weighted by Gasteiger charge is 2.29. The van der Waals surface area contributed by atoms with E-state index in [9.17, 15) is 9.59 Å². The molecule has 2 rings (SSSR count). The Morgan fingerprint density at radius 3 is 2.87 bits per heavy atom.